The van der Waals surface area contributed by atoms with Crippen molar-refractivity contribution < 1.29 is 14.3 Å². The quantitative estimate of drug-likeness (QED) is 0.203. The van der Waals surface area contributed by atoms with Crippen molar-refractivity contribution in [1.82, 2.24) is 0 Å². The summed E-state index contributed by atoms with van der Waals surface area (Å²) in [5.74, 6) is 2.44. The van der Waals surface area contributed by atoms with Gasteiger partial charge in [0.25, 0.3) is 0 Å². The van der Waals surface area contributed by atoms with Crippen LogP contribution in [0.5, 0.6) is 0 Å². The number of rotatable bonds is 14. The molecule has 0 aromatic heterocycles. The molecule has 0 saturated carbocycles. The summed E-state index contributed by atoms with van der Waals surface area (Å²) < 4.78 is 5.59. The number of ketones is 2. The second-order valence-electron chi connectivity index (χ2n) is 11.5. The van der Waals surface area contributed by atoms with Gasteiger partial charge in [-0.2, -0.15) is 0 Å². The van der Waals surface area contributed by atoms with Gasteiger partial charge in [0, 0.05) is 11.1 Å². The molecular formula is C29H48O3. The average Bonchev–Trinajstić information content (AvgIpc) is 3.30. The highest BCUT2D eigenvalue weighted by Gasteiger charge is 2.75. The predicted molar refractivity (Wildman–Crippen MR) is 134 cm³/mol. The molecule has 2 unspecified atom stereocenters. The molecule has 1 aliphatic carbocycles. The zero-order valence-electron chi connectivity index (χ0n) is 22.1. The number of fused-ring (bicyclic) bond motifs is 1. The molecule has 182 valence electrons. The molecule has 0 bridgehead atoms. The minimum atomic E-state index is -0.942. The first kappa shape index (κ1) is 27.0. The van der Waals surface area contributed by atoms with E-state index in [0.29, 0.717) is 17.6 Å². The van der Waals surface area contributed by atoms with E-state index in [1.807, 2.05) is 0 Å². The zero-order valence-corrected chi connectivity index (χ0v) is 22.1. The molecule has 0 aromatic carbocycles. The fourth-order valence-electron chi connectivity index (χ4n) is 5.19. The topological polar surface area (TPSA) is 46.7 Å². The lowest BCUT2D eigenvalue weighted by molar-refractivity contribution is -0.124. The number of hydrogen-bond acceptors (Lipinski definition) is 3. The molecule has 1 aliphatic heterocycles. The summed E-state index contributed by atoms with van der Waals surface area (Å²) in [6.07, 6.45) is 14.4. The minimum absolute atomic E-state index is 0.00629. The van der Waals surface area contributed by atoms with Gasteiger partial charge in [0.1, 0.15) is 0 Å². The van der Waals surface area contributed by atoms with E-state index >= 15 is 0 Å². The minimum Gasteiger partial charge on any atom is -0.346 e. The first-order chi connectivity index (χ1) is 14.9. The van der Waals surface area contributed by atoms with E-state index in [1.165, 1.54) is 56.9 Å². The maximum absolute atomic E-state index is 12.8. The third-order valence-corrected chi connectivity index (χ3v) is 8.01. The van der Waals surface area contributed by atoms with E-state index in [0.717, 1.165) is 24.2 Å². The maximum atomic E-state index is 12.8. The van der Waals surface area contributed by atoms with Crippen LogP contribution in [0.1, 0.15) is 120 Å². The van der Waals surface area contributed by atoms with Crippen LogP contribution in [0.25, 0.3) is 0 Å². The van der Waals surface area contributed by atoms with Gasteiger partial charge in [-0.15, -0.1) is 0 Å². The third-order valence-electron chi connectivity index (χ3n) is 8.01. The lowest BCUT2D eigenvalue weighted by Crippen LogP contribution is -2.41. The fraction of sp³-hybridized carbons (Fsp3) is 0.793. The van der Waals surface area contributed by atoms with E-state index < -0.39 is 11.2 Å². The molecule has 0 amide bonds. The summed E-state index contributed by atoms with van der Waals surface area (Å²) in [5, 5.41) is 0. The number of ether oxygens (including phenoxy) is 1. The van der Waals surface area contributed by atoms with Gasteiger partial charge in [-0.3, -0.25) is 9.59 Å². The number of epoxide rings is 1. The van der Waals surface area contributed by atoms with Crippen molar-refractivity contribution in [3.8, 4) is 0 Å². The lowest BCUT2D eigenvalue weighted by Gasteiger charge is -2.21. The lowest BCUT2D eigenvalue weighted by atomic mass is 9.75. The van der Waals surface area contributed by atoms with Gasteiger partial charge in [-0.1, -0.05) is 84.3 Å². The van der Waals surface area contributed by atoms with Crippen LogP contribution >= 0.6 is 0 Å². The molecule has 0 radical (unpaired) electrons. The van der Waals surface area contributed by atoms with E-state index in [1.54, 1.807) is 20.8 Å². The highest BCUT2D eigenvalue weighted by molar-refractivity contribution is 6.22. The molecule has 1 saturated heterocycles. The molecule has 2 rings (SSSR count). The van der Waals surface area contributed by atoms with Crippen LogP contribution in [0.15, 0.2) is 22.8 Å². The Bertz CT molecular complexity index is 744. The largest absolute Gasteiger partial charge is 0.346 e. The second-order valence-corrected chi connectivity index (χ2v) is 11.5. The van der Waals surface area contributed by atoms with Crippen LogP contribution < -0.4 is 0 Å². The van der Waals surface area contributed by atoms with Gasteiger partial charge in [-0.25, -0.2) is 0 Å². The molecule has 3 nitrogen and oxygen atoms in total. The van der Waals surface area contributed by atoms with E-state index in [2.05, 4.69) is 40.7 Å². The predicted octanol–water partition coefficient (Wildman–Crippen LogP) is 7.78. The highest BCUT2D eigenvalue weighted by atomic mass is 16.6. The summed E-state index contributed by atoms with van der Waals surface area (Å²) in [5.41, 5.74) is 0.665. The zero-order chi connectivity index (χ0) is 24.1. The summed E-state index contributed by atoms with van der Waals surface area (Å²) >= 11 is 0. The number of Topliss-reactive ketones (excluding diaryl/α,β-unsaturated/α-hetero) is 2. The summed E-state index contributed by atoms with van der Waals surface area (Å²) in [6, 6.07) is 0. The Balaban J connectivity index is 1.67. The first-order valence-corrected chi connectivity index (χ1v) is 13.1. The Hall–Kier alpha value is -1.22. The van der Waals surface area contributed by atoms with Crippen LogP contribution in [0.3, 0.4) is 0 Å². The number of carbonyl (C=O) groups excluding carboxylic acids is 2. The standard InChI is InChI=1S/C29H48O3/c1-20(2)12-9-13-21(3)14-10-15-22(4)16-11-17-23(5)18-19-25-24(6)26(30)28(7)29(8,32-28)27(25)31/h18,20-22H,9-17,19H2,1-8H3/b23-18+/t21-,22-,28?,29?/m1/s1. The van der Waals surface area contributed by atoms with Gasteiger partial charge in [0.2, 0.25) is 0 Å². The molecule has 0 aromatic rings. The Labute approximate surface area is 197 Å². The van der Waals surface area contributed by atoms with Gasteiger partial charge in [0.15, 0.2) is 22.8 Å². The Morgan fingerprint density at radius 1 is 0.844 bits per heavy atom. The molecular weight excluding hydrogens is 396 g/mol. The van der Waals surface area contributed by atoms with Gasteiger partial charge < -0.3 is 4.74 Å². The van der Waals surface area contributed by atoms with Crippen LogP contribution in [-0.2, 0) is 14.3 Å². The van der Waals surface area contributed by atoms with Crippen molar-refractivity contribution in [3.05, 3.63) is 22.8 Å². The SMILES string of the molecule is CC1=C(C/C=C(\C)CCC[C@H](C)CCC[C@H](C)CCCC(C)C)C(=O)C2(C)OC2(C)C1=O. The summed E-state index contributed by atoms with van der Waals surface area (Å²) in [6.45, 7) is 16.8. The molecule has 4 atom stereocenters. The highest BCUT2D eigenvalue weighted by Crippen LogP contribution is 2.54. The molecule has 3 heteroatoms. The summed E-state index contributed by atoms with van der Waals surface area (Å²) in [4.78, 5) is 25.4. The molecule has 0 spiro atoms. The van der Waals surface area contributed by atoms with Crippen LogP contribution in [0, 0.1) is 17.8 Å². The maximum Gasteiger partial charge on any atom is 0.194 e. The number of carbonyl (C=O) groups is 2. The van der Waals surface area contributed by atoms with Gasteiger partial charge >= 0.3 is 0 Å². The van der Waals surface area contributed by atoms with Crippen molar-refractivity contribution in [2.75, 3.05) is 0 Å². The fourth-order valence-corrected chi connectivity index (χ4v) is 5.19. The summed E-state index contributed by atoms with van der Waals surface area (Å²) in [7, 11) is 0. The van der Waals surface area contributed by atoms with Crippen molar-refractivity contribution in [2.24, 2.45) is 17.8 Å². The van der Waals surface area contributed by atoms with Crippen molar-refractivity contribution in [1.29, 1.82) is 0 Å². The van der Waals surface area contributed by atoms with Gasteiger partial charge in [0.05, 0.1) is 0 Å². The molecule has 1 heterocycles. The normalized spacial score (nSPS) is 27.7. The van der Waals surface area contributed by atoms with Crippen molar-refractivity contribution >= 4 is 11.6 Å². The number of hydrogen-bond donors (Lipinski definition) is 0. The van der Waals surface area contributed by atoms with Crippen LogP contribution in [0.2, 0.25) is 0 Å². The molecule has 2 aliphatic rings. The second kappa shape index (κ2) is 11.3. The van der Waals surface area contributed by atoms with Gasteiger partial charge in [-0.05, 0) is 64.7 Å². The average molecular weight is 445 g/mol. The van der Waals surface area contributed by atoms with Crippen molar-refractivity contribution in [3.63, 3.8) is 0 Å². The smallest absolute Gasteiger partial charge is 0.194 e. The Morgan fingerprint density at radius 3 is 1.91 bits per heavy atom. The first-order valence-electron chi connectivity index (χ1n) is 13.1. The van der Waals surface area contributed by atoms with E-state index in [4.69, 9.17) is 4.74 Å². The monoisotopic (exact) mass is 444 g/mol. The third kappa shape index (κ3) is 6.43. The van der Waals surface area contributed by atoms with Crippen LogP contribution in [-0.4, -0.2) is 22.8 Å². The van der Waals surface area contributed by atoms with E-state index in [-0.39, 0.29) is 11.6 Å². The number of allylic oxidation sites excluding steroid dienone is 2. The van der Waals surface area contributed by atoms with Crippen LogP contribution in [0.4, 0.5) is 0 Å². The molecule has 32 heavy (non-hydrogen) atoms. The van der Waals surface area contributed by atoms with Crippen molar-refractivity contribution in [2.45, 2.75) is 131 Å². The Kier molecular flexibility index (Phi) is 9.52. The Morgan fingerprint density at radius 2 is 1.34 bits per heavy atom. The van der Waals surface area contributed by atoms with E-state index in [9.17, 15) is 9.59 Å². The molecule has 1 fully saturated rings. The molecule has 0 N–H and O–H groups in total.